The fourth-order valence-electron chi connectivity index (χ4n) is 1.63. The number of nitrogens with zero attached hydrogens (tertiary/aromatic N) is 1. The van der Waals surface area contributed by atoms with E-state index in [-0.39, 0.29) is 0 Å². The van der Waals surface area contributed by atoms with E-state index in [4.69, 9.17) is 9.26 Å². The lowest BCUT2D eigenvalue weighted by atomic mass is 10.2. The first-order valence-corrected chi connectivity index (χ1v) is 6.91. The highest BCUT2D eigenvalue weighted by atomic mass is 79.9. The van der Waals surface area contributed by atoms with Crippen LogP contribution in [0.25, 0.3) is 0 Å². The molecule has 1 aromatic heterocycles. The minimum absolute atomic E-state index is 0.657. The number of halogens is 2. The fraction of sp³-hybridized carbons (Fsp3) is 0.250. The van der Waals surface area contributed by atoms with E-state index >= 15 is 0 Å². The van der Waals surface area contributed by atoms with Gasteiger partial charge in [0.2, 0.25) is 0 Å². The zero-order valence-electron chi connectivity index (χ0n) is 9.74. The van der Waals surface area contributed by atoms with Crippen molar-refractivity contribution in [3.05, 3.63) is 44.7 Å². The number of nitrogens with one attached hydrogen (secondary N) is 1. The molecule has 0 atom stereocenters. The minimum Gasteiger partial charge on any atom is -0.495 e. The summed E-state index contributed by atoms with van der Waals surface area (Å²) in [7, 11) is 1.66. The summed E-state index contributed by atoms with van der Waals surface area (Å²) in [4.78, 5) is 0. The Labute approximate surface area is 122 Å². The smallest absolute Gasteiger partial charge is 0.137 e. The van der Waals surface area contributed by atoms with Crippen LogP contribution in [0.15, 0.2) is 37.9 Å². The number of methoxy groups -OCH3 is 1. The topological polar surface area (TPSA) is 47.3 Å². The van der Waals surface area contributed by atoms with Crippen LogP contribution in [0.5, 0.6) is 5.75 Å². The molecule has 6 heteroatoms. The van der Waals surface area contributed by atoms with Crippen molar-refractivity contribution in [1.82, 2.24) is 10.5 Å². The maximum atomic E-state index is 5.38. The van der Waals surface area contributed by atoms with Gasteiger partial charge < -0.3 is 14.6 Å². The molecule has 0 aliphatic heterocycles. The van der Waals surface area contributed by atoms with E-state index in [1.54, 1.807) is 13.4 Å². The number of hydrogen-bond donors (Lipinski definition) is 1. The van der Waals surface area contributed by atoms with Gasteiger partial charge in [-0.1, -0.05) is 21.1 Å². The second-order valence-electron chi connectivity index (χ2n) is 3.67. The van der Waals surface area contributed by atoms with Crippen LogP contribution in [0.3, 0.4) is 0 Å². The molecule has 2 aromatic rings. The van der Waals surface area contributed by atoms with E-state index in [1.807, 2.05) is 18.2 Å². The zero-order chi connectivity index (χ0) is 13.0. The van der Waals surface area contributed by atoms with Crippen molar-refractivity contribution in [3.63, 3.8) is 0 Å². The second-order valence-corrected chi connectivity index (χ2v) is 5.44. The summed E-state index contributed by atoms with van der Waals surface area (Å²) in [5.74, 6) is 0.839. The predicted octanol–water partition coefficient (Wildman–Crippen LogP) is 3.50. The van der Waals surface area contributed by atoms with E-state index in [2.05, 4.69) is 42.3 Å². The summed E-state index contributed by atoms with van der Waals surface area (Å²) in [5.41, 5.74) is 1.95. The van der Waals surface area contributed by atoms with Crippen molar-refractivity contribution in [1.29, 1.82) is 0 Å². The molecule has 0 aliphatic rings. The van der Waals surface area contributed by atoms with Crippen molar-refractivity contribution in [3.8, 4) is 5.75 Å². The van der Waals surface area contributed by atoms with Crippen LogP contribution in [0, 0.1) is 0 Å². The van der Waals surface area contributed by atoms with Crippen molar-refractivity contribution < 1.29 is 9.26 Å². The van der Waals surface area contributed by atoms with Crippen molar-refractivity contribution in [2.45, 2.75) is 13.1 Å². The van der Waals surface area contributed by atoms with Crippen molar-refractivity contribution in [2.24, 2.45) is 0 Å². The molecule has 1 heterocycles. The summed E-state index contributed by atoms with van der Waals surface area (Å²) in [6.07, 6.45) is 1.56. The molecule has 4 nitrogen and oxygen atoms in total. The Morgan fingerprint density at radius 1 is 1.33 bits per heavy atom. The number of rotatable bonds is 5. The molecule has 2 rings (SSSR count). The molecule has 0 radical (unpaired) electrons. The predicted molar refractivity (Wildman–Crippen MR) is 75.4 cm³/mol. The van der Waals surface area contributed by atoms with E-state index in [0.29, 0.717) is 13.1 Å². The molecule has 0 spiro atoms. The average molecular weight is 376 g/mol. The molecule has 1 aromatic carbocycles. The molecule has 1 N–H and O–H groups in total. The Morgan fingerprint density at radius 3 is 2.83 bits per heavy atom. The SMILES string of the molecule is COc1c(Br)cc(Br)cc1CNCc1ccon1. The third kappa shape index (κ3) is 3.34. The van der Waals surface area contributed by atoms with E-state index < -0.39 is 0 Å². The molecule has 18 heavy (non-hydrogen) atoms. The van der Waals surface area contributed by atoms with Crippen LogP contribution >= 0.6 is 31.9 Å². The van der Waals surface area contributed by atoms with E-state index in [9.17, 15) is 0 Å². The highest BCUT2D eigenvalue weighted by Crippen LogP contribution is 2.32. The lowest BCUT2D eigenvalue weighted by molar-refractivity contribution is 0.401. The number of aromatic nitrogens is 1. The van der Waals surface area contributed by atoms with Crippen LogP contribution < -0.4 is 10.1 Å². The van der Waals surface area contributed by atoms with Gasteiger partial charge in [0.15, 0.2) is 0 Å². The van der Waals surface area contributed by atoms with Gasteiger partial charge in [-0.15, -0.1) is 0 Å². The second kappa shape index (κ2) is 6.36. The van der Waals surface area contributed by atoms with E-state index in [1.165, 1.54) is 0 Å². The van der Waals surface area contributed by atoms with Gasteiger partial charge in [-0.3, -0.25) is 0 Å². The lowest BCUT2D eigenvalue weighted by Crippen LogP contribution is -2.13. The molecule has 0 amide bonds. The van der Waals surface area contributed by atoms with E-state index in [0.717, 1.165) is 26.0 Å². The third-order valence-corrected chi connectivity index (χ3v) is 3.45. The molecule has 0 saturated carbocycles. The standard InChI is InChI=1S/C12H12Br2N2O2/c1-17-12-8(4-9(13)5-11(12)14)6-15-7-10-2-3-18-16-10/h2-5,15H,6-7H2,1H3. The Bertz CT molecular complexity index is 515. The third-order valence-electron chi connectivity index (χ3n) is 2.40. The van der Waals surface area contributed by atoms with Gasteiger partial charge in [-0.2, -0.15) is 0 Å². The molecule has 0 fully saturated rings. The highest BCUT2D eigenvalue weighted by molar-refractivity contribution is 9.11. The molecule has 0 bridgehead atoms. The summed E-state index contributed by atoms with van der Waals surface area (Å²) < 4.78 is 12.1. The van der Waals surface area contributed by atoms with Gasteiger partial charge in [0.1, 0.15) is 12.0 Å². The summed E-state index contributed by atoms with van der Waals surface area (Å²) >= 11 is 6.94. The Morgan fingerprint density at radius 2 is 2.17 bits per heavy atom. The van der Waals surface area contributed by atoms with Crippen LogP contribution in [0.4, 0.5) is 0 Å². The summed E-state index contributed by atoms with van der Waals surface area (Å²) in [6.45, 7) is 1.35. The average Bonchev–Trinajstić information content (AvgIpc) is 2.81. The Balaban J connectivity index is 2.04. The minimum atomic E-state index is 0.657. The Hall–Kier alpha value is -0.850. The Kier molecular flexibility index (Phi) is 4.79. The van der Waals surface area contributed by atoms with Gasteiger partial charge in [0.05, 0.1) is 17.3 Å². The fourth-order valence-corrected chi connectivity index (χ4v) is 3.10. The van der Waals surface area contributed by atoms with Crippen LogP contribution in [-0.4, -0.2) is 12.3 Å². The first-order chi connectivity index (χ1) is 8.70. The zero-order valence-corrected chi connectivity index (χ0v) is 12.9. The molecule has 96 valence electrons. The highest BCUT2D eigenvalue weighted by Gasteiger charge is 2.09. The van der Waals surface area contributed by atoms with Gasteiger partial charge in [0.25, 0.3) is 0 Å². The van der Waals surface area contributed by atoms with Crippen molar-refractivity contribution >= 4 is 31.9 Å². The molecule has 0 unspecified atom stereocenters. The van der Waals surface area contributed by atoms with Gasteiger partial charge in [-0.05, 0) is 28.1 Å². The lowest BCUT2D eigenvalue weighted by Gasteiger charge is -2.11. The number of benzene rings is 1. The monoisotopic (exact) mass is 374 g/mol. The molecule has 0 aliphatic carbocycles. The van der Waals surface area contributed by atoms with Crippen LogP contribution in [-0.2, 0) is 13.1 Å². The van der Waals surface area contributed by atoms with Gasteiger partial charge in [0, 0.05) is 29.2 Å². The maximum absolute atomic E-state index is 5.38. The summed E-state index contributed by atoms with van der Waals surface area (Å²) in [5, 5.41) is 7.13. The molecular weight excluding hydrogens is 364 g/mol. The van der Waals surface area contributed by atoms with Crippen molar-refractivity contribution in [2.75, 3.05) is 7.11 Å². The summed E-state index contributed by atoms with van der Waals surface area (Å²) in [6, 6.07) is 5.82. The van der Waals surface area contributed by atoms with Crippen LogP contribution in [0.1, 0.15) is 11.3 Å². The number of hydrogen-bond acceptors (Lipinski definition) is 4. The molecular formula is C12H12Br2N2O2. The normalized spacial score (nSPS) is 10.6. The first kappa shape index (κ1) is 13.6. The van der Waals surface area contributed by atoms with Gasteiger partial charge in [-0.25, -0.2) is 0 Å². The number of ether oxygens (including phenoxy) is 1. The molecule has 0 saturated heterocycles. The first-order valence-electron chi connectivity index (χ1n) is 5.32. The maximum Gasteiger partial charge on any atom is 0.137 e. The van der Waals surface area contributed by atoms with Crippen LogP contribution in [0.2, 0.25) is 0 Å². The van der Waals surface area contributed by atoms with Gasteiger partial charge >= 0.3 is 0 Å². The largest absolute Gasteiger partial charge is 0.495 e. The quantitative estimate of drug-likeness (QED) is 0.868.